The number of nitriles is 1. The molecule has 0 aromatic heterocycles. The minimum atomic E-state index is 0.295. The molecule has 1 heterocycles. The fourth-order valence-electron chi connectivity index (χ4n) is 1.99. The van der Waals surface area contributed by atoms with Crippen molar-refractivity contribution in [3.63, 3.8) is 0 Å². The molecule has 84 valence electrons. The van der Waals surface area contributed by atoms with Crippen LogP contribution in [0.2, 0.25) is 0 Å². The first-order chi connectivity index (χ1) is 7.74. The zero-order chi connectivity index (χ0) is 11.5. The van der Waals surface area contributed by atoms with E-state index < -0.39 is 0 Å². The fraction of sp³-hybridized carbons (Fsp3) is 0.417. The summed E-state index contributed by atoms with van der Waals surface area (Å²) >= 11 is 0. The predicted octanol–water partition coefficient (Wildman–Crippen LogP) is 1.37. The maximum absolute atomic E-state index is 8.91. The molecule has 0 radical (unpaired) electrons. The van der Waals surface area contributed by atoms with Gasteiger partial charge in [0.25, 0.3) is 0 Å². The number of rotatable bonds is 2. The fourth-order valence-corrected chi connectivity index (χ4v) is 1.99. The van der Waals surface area contributed by atoms with Crippen LogP contribution in [0.15, 0.2) is 18.2 Å². The number of benzene rings is 1. The van der Waals surface area contributed by atoms with E-state index in [0.29, 0.717) is 17.4 Å². The Morgan fingerprint density at radius 3 is 3.00 bits per heavy atom. The van der Waals surface area contributed by atoms with Crippen LogP contribution in [0.25, 0.3) is 0 Å². The molecule has 0 amide bonds. The molecule has 4 heteroatoms. The maximum atomic E-state index is 8.91. The zero-order valence-electron chi connectivity index (χ0n) is 9.31. The third-order valence-corrected chi connectivity index (χ3v) is 3.00. The van der Waals surface area contributed by atoms with Crippen LogP contribution >= 0.6 is 0 Å². The standard InChI is InChI=1S/C12H15N3O/c1-16-11-4-5-15(8-11)10-2-3-12(14)9(6-10)7-13/h2-3,6,11H,4-5,8,14H2,1H3/t11-/m0/s1. The molecule has 1 aliphatic heterocycles. The highest BCUT2D eigenvalue weighted by Crippen LogP contribution is 2.24. The van der Waals surface area contributed by atoms with Gasteiger partial charge in [0, 0.05) is 31.6 Å². The van der Waals surface area contributed by atoms with Crippen molar-refractivity contribution in [2.75, 3.05) is 30.8 Å². The van der Waals surface area contributed by atoms with Crippen LogP contribution in [0.3, 0.4) is 0 Å². The van der Waals surface area contributed by atoms with Gasteiger partial charge in [-0.25, -0.2) is 0 Å². The number of nitrogens with zero attached hydrogens (tertiary/aromatic N) is 2. The van der Waals surface area contributed by atoms with Crippen molar-refractivity contribution >= 4 is 11.4 Å². The Morgan fingerprint density at radius 1 is 1.56 bits per heavy atom. The third kappa shape index (κ3) is 1.95. The lowest BCUT2D eigenvalue weighted by atomic mass is 10.1. The first kappa shape index (κ1) is 10.8. The summed E-state index contributed by atoms with van der Waals surface area (Å²) in [5.41, 5.74) is 7.81. The molecule has 0 saturated carbocycles. The van der Waals surface area contributed by atoms with Crippen LogP contribution in [0, 0.1) is 11.3 Å². The molecule has 16 heavy (non-hydrogen) atoms. The van der Waals surface area contributed by atoms with E-state index in [1.807, 2.05) is 12.1 Å². The van der Waals surface area contributed by atoms with Gasteiger partial charge in [-0.1, -0.05) is 0 Å². The van der Waals surface area contributed by atoms with Gasteiger partial charge in [0.05, 0.1) is 11.7 Å². The summed E-state index contributed by atoms with van der Waals surface area (Å²) in [4.78, 5) is 2.22. The van der Waals surface area contributed by atoms with Gasteiger partial charge in [-0.3, -0.25) is 0 Å². The van der Waals surface area contributed by atoms with E-state index >= 15 is 0 Å². The summed E-state index contributed by atoms with van der Waals surface area (Å²) in [5.74, 6) is 0. The second kappa shape index (κ2) is 4.42. The smallest absolute Gasteiger partial charge is 0.101 e. The molecule has 1 atom stereocenters. The highest BCUT2D eigenvalue weighted by molar-refractivity contribution is 5.63. The van der Waals surface area contributed by atoms with E-state index in [9.17, 15) is 0 Å². The van der Waals surface area contributed by atoms with Crippen molar-refractivity contribution in [1.29, 1.82) is 5.26 Å². The Labute approximate surface area is 95.2 Å². The number of ether oxygens (including phenoxy) is 1. The molecule has 0 unspecified atom stereocenters. The Bertz CT molecular complexity index is 425. The average Bonchev–Trinajstić information content (AvgIpc) is 2.78. The van der Waals surface area contributed by atoms with Gasteiger partial charge in [-0.15, -0.1) is 0 Å². The number of nitrogen functional groups attached to an aromatic ring is 1. The van der Waals surface area contributed by atoms with Crippen molar-refractivity contribution in [3.8, 4) is 6.07 Å². The van der Waals surface area contributed by atoms with Crippen molar-refractivity contribution in [2.24, 2.45) is 0 Å². The SMILES string of the molecule is CO[C@H]1CCN(c2ccc(N)c(C#N)c2)C1. The summed E-state index contributed by atoms with van der Waals surface area (Å²) in [6, 6.07) is 7.68. The minimum Gasteiger partial charge on any atom is -0.398 e. The van der Waals surface area contributed by atoms with Crippen LogP contribution in [0.1, 0.15) is 12.0 Å². The summed E-state index contributed by atoms with van der Waals surface area (Å²) in [6.07, 6.45) is 1.33. The van der Waals surface area contributed by atoms with E-state index in [4.69, 9.17) is 15.7 Å². The second-order valence-corrected chi connectivity index (χ2v) is 3.98. The molecule has 1 fully saturated rings. The van der Waals surface area contributed by atoms with E-state index in [2.05, 4.69) is 11.0 Å². The molecule has 0 aliphatic carbocycles. The maximum Gasteiger partial charge on any atom is 0.101 e. The predicted molar refractivity (Wildman–Crippen MR) is 63.2 cm³/mol. The molecule has 2 N–H and O–H groups in total. The molecular formula is C12H15N3O. The lowest BCUT2D eigenvalue weighted by molar-refractivity contribution is 0.121. The summed E-state index contributed by atoms with van der Waals surface area (Å²) < 4.78 is 5.31. The summed E-state index contributed by atoms with van der Waals surface area (Å²) in [7, 11) is 1.73. The van der Waals surface area contributed by atoms with Gasteiger partial charge in [-0.2, -0.15) is 5.26 Å². The van der Waals surface area contributed by atoms with E-state index in [-0.39, 0.29) is 0 Å². The van der Waals surface area contributed by atoms with Crippen LogP contribution in [0.5, 0.6) is 0 Å². The van der Waals surface area contributed by atoms with Gasteiger partial charge in [0.15, 0.2) is 0 Å². The number of anilines is 2. The van der Waals surface area contributed by atoms with Gasteiger partial charge < -0.3 is 15.4 Å². The highest BCUT2D eigenvalue weighted by Gasteiger charge is 2.22. The first-order valence-electron chi connectivity index (χ1n) is 5.32. The average molecular weight is 217 g/mol. The Morgan fingerprint density at radius 2 is 2.38 bits per heavy atom. The Kier molecular flexibility index (Phi) is 2.97. The molecule has 1 aromatic carbocycles. The number of hydrogen-bond donors (Lipinski definition) is 1. The van der Waals surface area contributed by atoms with E-state index in [0.717, 1.165) is 25.2 Å². The number of nitrogens with two attached hydrogens (primary N) is 1. The Balaban J connectivity index is 2.19. The topological polar surface area (TPSA) is 62.3 Å². The van der Waals surface area contributed by atoms with Crippen molar-refractivity contribution in [3.05, 3.63) is 23.8 Å². The van der Waals surface area contributed by atoms with Crippen LogP contribution in [0.4, 0.5) is 11.4 Å². The Hall–Kier alpha value is -1.73. The second-order valence-electron chi connectivity index (χ2n) is 3.98. The van der Waals surface area contributed by atoms with E-state index in [1.54, 1.807) is 13.2 Å². The molecular weight excluding hydrogens is 202 g/mol. The van der Waals surface area contributed by atoms with Crippen molar-refractivity contribution < 1.29 is 4.74 Å². The summed E-state index contributed by atoms with van der Waals surface area (Å²) in [6.45, 7) is 1.85. The van der Waals surface area contributed by atoms with Crippen LogP contribution in [-0.4, -0.2) is 26.3 Å². The van der Waals surface area contributed by atoms with Gasteiger partial charge >= 0.3 is 0 Å². The van der Waals surface area contributed by atoms with Crippen molar-refractivity contribution in [2.45, 2.75) is 12.5 Å². The largest absolute Gasteiger partial charge is 0.398 e. The molecule has 4 nitrogen and oxygen atoms in total. The van der Waals surface area contributed by atoms with Gasteiger partial charge in [-0.05, 0) is 24.6 Å². The molecule has 1 aromatic rings. The lowest BCUT2D eigenvalue weighted by Crippen LogP contribution is -2.22. The van der Waals surface area contributed by atoms with E-state index in [1.165, 1.54) is 0 Å². The third-order valence-electron chi connectivity index (χ3n) is 3.00. The van der Waals surface area contributed by atoms with Crippen molar-refractivity contribution in [1.82, 2.24) is 0 Å². The molecule has 2 rings (SSSR count). The molecule has 0 bridgehead atoms. The van der Waals surface area contributed by atoms with Crippen LogP contribution < -0.4 is 10.6 Å². The monoisotopic (exact) mass is 217 g/mol. The normalized spacial score (nSPS) is 19.8. The number of methoxy groups -OCH3 is 1. The quantitative estimate of drug-likeness (QED) is 0.760. The highest BCUT2D eigenvalue weighted by atomic mass is 16.5. The lowest BCUT2D eigenvalue weighted by Gasteiger charge is -2.18. The van der Waals surface area contributed by atoms with Gasteiger partial charge in [0.1, 0.15) is 6.07 Å². The molecule has 1 aliphatic rings. The zero-order valence-corrected chi connectivity index (χ0v) is 9.31. The number of hydrogen-bond acceptors (Lipinski definition) is 4. The molecule has 1 saturated heterocycles. The van der Waals surface area contributed by atoms with Gasteiger partial charge in [0.2, 0.25) is 0 Å². The van der Waals surface area contributed by atoms with Crippen LogP contribution in [-0.2, 0) is 4.74 Å². The minimum absolute atomic E-state index is 0.295. The first-order valence-corrected chi connectivity index (χ1v) is 5.32. The summed E-state index contributed by atoms with van der Waals surface area (Å²) in [5, 5.41) is 8.91. The molecule has 0 spiro atoms.